The van der Waals surface area contributed by atoms with Crippen LogP contribution >= 0.6 is 0 Å². The first-order valence-electron chi connectivity index (χ1n) is 6.11. The molecular formula is C14H16O6S. The van der Waals surface area contributed by atoms with E-state index in [0.29, 0.717) is 0 Å². The van der Waals surface area contributed by atoms with Crippen LogP contribution in [0, 0.1) is 6.92 Å². The third-order valence-corrected chi connectivity index (χ3v) is 4.16. The predicted octanol–water partition coefficient (Wildman–Crippen LogP) is 1.04. The molecule has 21 heavy (non-hydrogen) atoms. The van der Waals surface area contributed by atoms with Gasteiger partial charge < -0.3 is 9.47 Å². The van der Waals surface area contributed by atoms with Gasteiger partial charge in [-0.15, -0.1) is 0 Å². The van der Waals surface area contributed by atoms with E-state index in [2.05, 4.69) is 16.1 Å². The summed E-state index contributed by atoms with van der Waals surface area (Å²) in [6, 6.07) is 6.30. The SMILES string of the molecule is C=CCOC(=O)C(=O)OCCS(=O)(=O)c1ccc(C)cc1. The Morgan fingerprint density at radius 1 is 1.14 bits per heavy atom. The Bertz CT molecular complexity index is 615. The highest BCUT2D eigenvalue weighted by molar-refractivity contribution is 7.91. The quantitative estimate of drug-likeness (QED) is 0.443. The van der Waals surface area contributed by atoms with Crippen molar-refractivity contribution in [1.29, 1.82) is 0 Å². The predicted molar refractivity (Wildman–Crippen MR) is 75.3 cm³/mol. The molecule has 0 aliphatic heterocycles. The summed E-state index contributed by atoms with van der Waals surface area (Å²) >= 11 is 0. The maximum atomic E-state index is 11.9. The van der Waals surface area contributed by atoms with Crippen molar-refractivity contribution in [3.05, 3.63) is 42.5 Å². The van der Waals surface area contributed by atoms with Crippen LogP contribution in [-0.4, -0.2) is 39.3 Å². The Morgan fingerprint density at radius 3 is 2.29 bits per heavy atom. The number of aryl methyl sites for hydroxylation is 1. The van der Waals surface area contributed by atoms with Gasteiger partial charge in [0.1, 0.15) is 13.2 Å². The zero-order chi connectivity index (χ0) is 15.9. The fraction of sp³-hybridized carbons (Fsp3) is 0.286. The van der Waals surface area contributed by atoms with Gasteiger partial charge in [0.15, 0.2) is 9.84 Å². The first-order chi connectivity index (χ1) is 9.86. The molecule has 0 fully saturated rings. The van der Waals surface area contributed by atoms with Gasteiger partial charge in [-0.2, -0.15) is 0 Å². The van der Waals surface area contributed by atoms with Crippen molar-refractivity contribution in [2.75, 3.05) is 19.0 Å². The van der Waals surface area contributed by atoms with Gasteiger partial charge in [0.25, 0.3) is 0 Å². The largest absolute Gasteiger partial charge is 0.456 e. The van der Waals surface area contributed by atoms with Crippen LogP contribution in [0.4, 0.5) is 0 Å². The van der Waals surface area contributed by atoms with Crippen molar-refractivity contribution >= 4 is 21.8 Å². The van der Waals surface area contributed by atoms with Crippen molar-refractivity contribution in [1.82, 2.24) is 0 Å². The van der Waals surface area contributed by atoms with Crippen molar-refractivity contribution in [3.8, 4) is 0 Å². The Balaban J connectivity index is 2.51. The van der Waals surface area contributed by atoms with E-state index in [1.807, 2.05) is 6.92 Å². The van der Waals surface area contributed by atoms with Crippen molar-refractivity contribution < 1.29 is 27.5 Å². The molecule has 0 amide bonds. The average molecular weight is 312 g/mol. The molecule has 0 unspecified atom stereocenters. The van der Waals surface area contributed by atoms with Gasteiger partial charge in [-0.05, 0) is 19.1 Å². The van der Waals surface area contributed by atoms with Crippen molar-refractivity contribution in [3.63, 3.8) is 0 Å². The summed E-state index contributed by atoms with van der Waals surface area (Å²) in [5.74, 6) is -2.81. The van der Waals surface area contributed by atoms with Crippen LogP contribution in [0.2, 0.25) is 0 Å². The molecule has 6 nitrogen and oxygen atoms in total. The van der Waals surface area contributed by atoms with Crippen LogP contribution < -0.4 is 0 Å². The van der Waals surface area contributed by atoms with Gasteiger partial charge in [-0.3, -0.25) is 0 Å². The van der Waals surface area contributed by atoms with Gasteiger partial charge >= 0.3 is 11.9 Å². The second-order valence-corrected chi connectivity index (χ2v) is 6.26. The molecule has 114 valence electrons. The molecule has 0 N–H and O–H groups in total. The molecule has 0 bridgehead atoms. The van der Waals surface area contributed by atoms with Gasteiger partial charge in [0.05, 0.1) is 10.6 Å². The molecule has 0 heterocycles. The molecule has 1 aromatic rings. The molecular weight excluding hydrogens is 296 g/mol. The second-order valence-electron chi connectivity index (χ2n) is 4.15. The van der Waals surface area contributed by atoms with Crippen LogP contribution in [-0.2, 0) is 28.9 Å². The van der Waals surface area contributed by atoms with Crippen molar-refractivity contribution in [2.24, 2.45) is 0 Å². The summed E-state index contributed by atoms with van der Waals surface area (Å²) < 4.78 is 32.9. The standard InChI is InChI=1S/C14H16O6S/c1-3-8-19-13(15)14(16)20-9-10-21(17,18)12-6-4-11(2)5-7-12/h3-7H,1,8-10H2,2H3. The molecule has 0 spiro atoms. The Morgan fingerprint density at radius 2 is 1.71 bits per heavy atom. The third-order valence-electron chi connectivity index (χ3n) is 2.46. The van der Waals surface area contributed by atoms with E-state index in [1.54, 1.807) is 12.1 Å². The first kappa shape index (κ1) is 16.9. The van der Waals surface area contributed by atoms with E-state index in [9.17, 15) is 18.0 Å². The van der Waals surface area contributed by atoms with Crippen LogP contribution in [0.3, 0.4) is 0 Å². The molecule has 0 aromatic heterocycles. The highest BCUT2D eigenvalue weighted by Crippen LogP contribution is 2.12. The fourth-order valence-electron chi connectivity index (χ4n) is 1.36. The number of rotatable bonds is 6. The van der Waals surface area contributed by atoms with E-state index in [1.165, 1.54) is 18.2 Å². The maximum absolute atomic E-state index is 11.9. The maximum Gasteiger partial charge on any atom is 0.417 e. The summed E-state index contributed by atoms with van der Waals surface area (Å²) in [6.07, 6.45) is 1.30. The molecule has 0 aliphatic rings. The van der Waals surface area contributed by atoms with Gasteiger partial charge in [-0.25, -0.2) is 18.0 Å². The van der Waals surface area contributed by atoms with E-state index < -0.39 is 34.1 Å². The number of hydrogen-bond acceptors (Lipinski definition) is 6. The van der Waals surface area contributed by atoms with Crippen LogP contribution in [0.5, 0.6) is 0 Å². The first-order valence-corrected chi connectivity index (χ1v) is 7.76. The number of benzene rings is 1. The molecule has 1 aromatic carbocycles. The highest BCUT2D eigenvalue weighted by Gasteiger charge is 2.19. The molecule has 0 atom stereocenters. The lowest BCUT2D eigenvalue weighted by atomic mass is 10.2. The number of ether oxygens (including phenoxy) is 2. The molecule has 0 aliphatic carbocycles. The monoisotopic (exact) mass is 312 g/mol. The van der Waals surface area contributed by atoms with Gasteiger partial charge in [0, 0.05) is 0 Å². The average Bonchev–Trinajstić information content (AvgIpc) is 2.44. The Labute approximate surface area is 123 Å². The number of hydrogen-bond donors (Lipinski definition) is 0. The summed E-state index contributed by atoms with van der Waals surface area (Å²) in [5, 5.41) is 0. The molecule has 7 heteroatoms. The van der Waals surface area contributed by atoms with E-state index in [0.717, 1.165) is 5.56 Å². The van der Waals surface area contributed by atoms with Crippen LogP contribution in [0.25, 0.3) is 0 Å². The van der Waals surface area contributed by atoms with Gasteiger partial charge in [0.2, 0.25) is 0 Å². The normalized spacial score (nSPS) is 10.7. The number of carbonyl (C=O) groups is 2. The number of esters is 2. The summed E-state index contributed by atoms with van der Waals surface area (Å²) in [7, 11) is -3.56. The minimum absolute atomic E-state index is 0.115. The lowest BCUT2D eigenvalue weighted by Crippen LogP contribution is -2.23. The minimum Gasteiger partial charge on any atom is -0.456 e. The highest BCUT2D eigenvalue weighted by atomic mass is 32.2. The molecule has 0 saturated heterocycles. The van der Waals surface area contributed by atoms with E-state index in [-0.39, 0.29) is 11.5 Å². The van der Waals surface area contributed by atoms with Gasteiger partial charge in [-0.1, -0.05) is 30.4 Å². The topological polar surface area (TPSA) is 86.7 Å². The van der Waals surface area contributed by atoms with Crippen molar-refractivity contribution in [2.45, 2.75) is 11.8 Å². The lowest BCUT2D eigenvalue weighted by molar-refractivity contribution is -0.166. The van der Waals surface area contributed by atoms with E-state index >= 15 is 0 Å². The second kappa shape index (κ2) is 7.58. The zero-order valence-electron chi connectivity index (χ0n) is 11.6. The molecule has 1 rings (SSSR count). The Kier molecular flexibility index (Phi) is 6.10. The minimum atomic E-state index is -3.56. The number of sulfone groups is 1. The van der Waals surface area contributed by atoms with E-state index in [4.69, 9.17) is 0 Å². The molecule has 0 saturated carbocycles. The summed E-state index contributed by atoms with van der Waals surface area (Å²) in [4.78, 5) is 22.4. The zero-order valence-corrected chi connectivity index (χ0v) is 12.4. The smallest absolute Gasteiger partial charge is 0.417 e. The fourth-order valence-corrected chi connectivity index (χ4v) is 2.45. The third kappa shape index (κ3) is 5.39. The lowest BCUT2D eigenvalue weighted by Gasteiger charge is -2.06. The Hall–Kier alpha value is -2.15. The summed E-state index contributed by atoms with van der Waals surface area (Å²) in [5.41, 5.74) is 0.936. The summed E-state index contributed by atoms with van der Waals surface area (Å²) in [6.45, 7) is 4.62. The van der Waals surface area contributed by atoms with Crippen LogP contribution in [0.1, 0.15) is 5.56 Å². The number of carbonyl (C=O) groups excluding carboxylic acids is 2. The van der Waals surface area contributed by atoms with Crippen LogP contribution in [0.15, 0.2) is 41.8 Å². The molecule has 0 radical (unpaired) electrons.